The van der Waals surface area contributed by atoms with Crippen molar-refractivity contribution < 1.29 is 23.0 Å². The lowest BCUT2D eigenvalue weighted by Crippen LogP contribution is -2.37. The number of ether oxygens (including phenoxy) is 2. The van der Waals surface area contributed by atoms with Crippen LogP contribution in [0.4, 0.5) is 0 Å². The molecule has 0 radical (unpaired) electrons. The Balaban J connectivity index is 1.47. The van der Waals surface area contributed by atoms with Gasteiger partial charge >= 0.3 is 0 Å². The molecule has 3 atom stereocenters. The van der Waals surface area contributed by atoms with Crippen LogP contribution >= 0.6 is 0 Å². The van der Waals surface area contributed by atoms with Gasteiger partial charge in [-0.15, -0.1) is 6.58 Å². The Labute approximate surface area is 219 Å². The minimum absolute atomic E-state index is 0.000365. The summed E-state index contributed by atoms with van der Waals surface area (Å²) in [5.74, 6) is 0. The lowest BCUT2D eigenvalue weighted by Gasteiger charge is -2.37. The van der Waals surface area contributed by atoms with Gasteiger partial charge in [-0.1, -0.05) is 72.8 Å². The Morgan fingerprint density at radius 3 is 2.27 bits per heavy atom. The fourth-order valence-corrected chi connectivity index (χ4v) is 5.37. The van der Waals surface area contributed by atoms with Crippen LogP contribution in [-0.4, -0.2) is 44.7 Å². The summed E-state index contributed by atoms with van der Waals surface area (Å²) in [5, 5.41) is 9.38. The number of aliphatic hydroxyl groups excluding tert-OH is 1. The Hall–Kier alpha value is -2.85. The third-order valence-corrected chi connectivity index (χ3v) is 7.76. The minimum Gasteiger partial charge on any atom is -0.392 e. The number of nitrogens with one attached hydrogen (secondary N) is 1. The molecule has 1 aliphatic heterocycles. The average molecular weight is 523 g/mol. The molecular formula is C29H34N2O5S. The van der Waals surface area contributed by atoms with E-state index in [2.05, 4.69) is 16.2 Å². The van der Waals surface area contributed by atoms with E-state index in [0.717, 1.165) is 35.3 Å². The molecule has 7 nitrogen and oxygen atoms in total. The first-order chi connectivity index (χ1) is 17.9. The third-order valence-electron chi connectivity index (χ3n) is 6.34. The minimum atomic E-state index is -3.58. The summed E-state index contributed by atoms with van der Waals surface area (Å²) in [4.78, 5) is 2.40. The van der Waals surface area contributed by atoms with Gasteiger partial charge in [0.05, 0.1) is 23.7 Å². The van der Waals surface area contributed by atoms with Gasteiger partial charge in [-0.25, -0.2) is 13.1 Å². The van der Waals surface area contributed by atoms with Gasteiger partial charge in [0.15, 0.2) is 6.29 Å². The summed E-state index contributed by atoms with van der Waals surface area (Å²) in [6.45, 7) is 5.49. The van der Waals surface area contributed by atoms with Gasteiger partial charge in [-0.05, 0) is 35.9 Å². The van der Waals surface area contributed by atoms with Crippen molar-refractivity contribution in [2.75, 3.05) is 20.1 Å². The molecule has 0 amide bonds. The standard InChI is InChI=1S/C29H34N2O5S/c1-3-17-31(2)20-26-18-28(24-13-11-23(21-32)12-14-24)36-29(35-26)25-15-9-22(10-16-25)19-30-37(33,34)27-7-5-4-6-8-27/h3-16,26,28-30,32H,1,17-21H2,2H3/t26-,28+,29+/m0/s1. The molecule has 1 fully saturated rings. The molecule has 0 aliphatic carbocycles. The highest BCUT2D eigenvalue weighted by atomic mass is 32.2. The molecule has 0 saturated carbocycles. The van der Waals surface area contributed by atoms with Gasteiger partial charge in [-0.3, -0.25) is 0 Å². The zero-order valence-electron chi connectivity index (χ0n) is 21.0. The fraction of sp³-hybridized carbons (Fsp3) is 0.310. The first-order valence-electron chi connectivity index (χ1n) is 12.3. The van der Waals surface area contributed by atoms with Crippen molar-refractivity contribution >= 4 is 10.0 Å². The van der Waals surface area contributed by atoms with E-state index < -0.39 is 16.3 Å². The molecule has 3 aromatic rings. The topological polar surface area (TPSA) is 88.1 Å². The highest BCUT2D eigenvalue weighted by Gasteiger charge is 2.32. The molecule has 1 aliphatic rings. The van der Waals surface area contributed by atoms with Crippen molar-refractivity contribution in [1.82, 2.24) is 9.62 Å². The van der Waals surface area contributed by atoms with Crippen LogP contribution in [0.25, 0.3) is 0 Å². The van der Waals surface area contributed by atoms with Gasteiger partial charge in [-0.2, -0.15) is 0 Å². The largest absolute Gasteiger partial charge is 0.392 e. The maximum atomic E-state index is 12.5. The summed E-state index contributed by atoms with van der Waals surface area (Å²) < 4.78 is 40.4. The number of rotatable bonds is 11. The molecule has 4 rings (SSSR count). The van der Waals surface area contributed by atoms with Crippen LogP contribution in [0.2, 0.25) is 0 Å². The maximum absolute atomic E-state index is 12.5. The Bertz CT molecular complexity index is 1250. The maximum Gasteiger partial charge on any atom is 0.240 e. The third kappa shape index (κ3) is 7.35. The molecule has 0 aromatic heterocycles. The first-order valence-corrected chi connectivity index (χ1v) is 13.8. The number of likely N-dealkylation sites (N-methyl/N-ethyl adjacent to an activating group) is 1. The molecule has 0 spiro atoms. The smallest absolute Gasteiger partial charge is 0.240 e. The lowest BCUT2D eigenvalue weighted by molar-refractivity contribution is -0.252. The monoisotopic (exact) mass is 522 g/mol. The molecular weight excluding hydrogens is 488 g/mol. The normalized spacial score (nSPS) is 20.1. The number of sulfonamides is 1. The quantitative estimate of drug-likeness (QED) is 0.365. The Morgan fingerprint density at radius 2 is 1.62 bits per heavy atom. The van der Waals surface area contributed by atoms with E-state index in [9.17, 15) is 13.5 Å². The SMILES string of the molecule is C=CCN(C)C[C@@H]1C[C@H](c2ccc(CO)cc2)O[C@H](c2ccc(CNS(=O)(=O)c3ccccc3)cc2)O1. The predicted octanol–water partition coefficient (Wildman–Crippen LogP) is 4.32. The highest BCUT2D eigenvalue weighted by Crippen LogP contribution is 2.38. The van der Waals surface area contributed by atoms with E-state index in [0.29, 0.717) is 6.42 Å². The second kappa shape index (κ2) is 12.6. The highest BCUT2D eigenvalue weighted by molar-refractivity contribution is 7.89. The number of nitrogens with zero attached hydrogens (tertiary/aromatic N) is 1. The number of aliphatic hydroxyl groups is 1. The van der Waals surface area contributed by atoms with E-state index in [-0.39, 0.29) is 30.3 Å². The molecule has 0 unspecified atom stereocenters. The second-order valence-corrected chi connectivity index (χ2v) is 11.0. The van der Waals surface area contributed by atoms with Crippen LogP contribution in [0.1, 0.15) is 41.1 Å². The van der Waals surface area contributed by atoms with Crippen molar-refractivity contribution in [2.24, 2.45) is 0 Å². The van der Waals surface area contributed by atoms with E-state index in [1.807, 2.05) is 61.7 Å². The van der Waals surface area contributed by atoms with Crippen LogP contribution in [0.3, 0.4) is 0 Å². The van der Waals surface area contributed by atoms with Crippen molar-refractivity contribution in [3.05, 3.63) is 114 Å². The van der Waals surface area contributed by atoms with Gasteiger partial charge in [0.1, 0.15) is 0 Å². The van der Waals surface area contributed by atoms with Gasteiger partial charge in [0.2, 0.25) is 10.0 Å². The molecule has 2 N–H and O–H groups in total. The van der Waals surface area contributed by atoms with Crippen LogP contribution in [-0.2, 0) is 32.6 Å². The first kappa shape index (κ1) is 27.2. The van der Waals surface area contributed by atoms with E-state index in [4.69, 9.17) is 9.47 Å². The lowest BCUT2D eigenvalue weighted by atomic mass is 9.99. The van der Waals surface area contributed by atoms with Crippen molar-refractivity contribution in [3.8, 4) is 0 Å². The number of hydrogen-bond acceptors (Lipinski definition) is 6. The molecule has 37 heavy (non-hydrogen) atoms. The van der Waals surface area contributed by atoms with E-state index >= 15 is 0 Å². The summed E-state index contributed by atoms with van der Waals surface area (Å²) in [7, 11) is -1.55. The average Bonchev–Trinajstić information content (AvgIpc) is 2.93. The van der Waals surface area contributed by atoms with Crippen molar-refractivity contribution in [2.45, 2.75) is 43.0 Å². The predicted molar refractivity (Wildman–Crippen MR) is 143 cm³/mol. The molecule has 0 bridgehead atoms. The van der Waals surface area contributed by atoms with E-state index in [1.165, 1.54) is 0 Å². The van der Waals surface area contributed by atoms with Gasteiger partial charge < -0.3 is 19.5 Å². The van der Waals surface area contributed by atoms with Crippen molar-refractivity contribution in [3.63, 3.8) is 0 Å². The molecule has 8 heteroatoms. The Morgan fingerprint density at radius 1 is 0.973 bits per heavy atom. The van der Waals surface area contributed by atoms with Gasteiger partial charge in [0, 0.05) is 31.6 Å². The zero-order valence-corrected chi connectivity index (χ0v) is 21.8. The summed E-state index contributed by atoms with van der Waals surface area (Å²) in [5.41, 5.74) is 3.59. The van der Waals surface area contributed by atoms with Crippen molar-refractivity contribution in [1.29, 1.82) is 0 Å². The van der Waals surface area contributed by atoms with Crippen LogP contribution < -0.4 is 4.72 Å². The summed E-state index contributed by atoms with van der Waals surface area (Å²) in [6.07, 6.45) is 1.80. The molecule has 3 aromatic carbocycles. The molecule has 1 heterocycles. The van der Waals surface area contributed by atoms with Crippen LogP contribution in [0, 0.1) is 0 Å². The second-order valence-electron chi connectivity index (χ2n) is 9.24. The van der Waals surface area contributed by atoms with E-state index in [1.54, 1.807) is 30.3 Å². The molecule has 196 valence electrons. The number of hydrogen-bond donors (Lipinski definition) is 2. The summed E-state index contributed by atoms with van der Waals surface area (Å²) in [6, 6.07) is 23.7. The van der Waals surface area contributed by atoms with Crippen LogP contribution in [0.5, 0.6) is 0 Å². The zero-order chi connectivity index (χ0) is 26.3. The fourth-order valence-electron chi connectivity index (χ4n) is 4.33. The number of benzene rings is 3. The molecule has 1 saturated heterocycles. The van der Waals surface area contributed by atoms with Gasteiger partial charge in [0.25, 0.3) is 0 Å². The van der Waals surface area contributed by atoms with Crippen LogP contribution in [0.15, 0.2) is 96.4 Å². The Kier molecular flexibility index (Phi) is 9.26. The summed E-state index contributed by atoms with van der Waals surface area (Å²) >= 11 is 0.